The molecule has 0 saturated carbocycles. The van der Waals surface area contributed by atoms with E-state index < -0.39 is 42.0 Å². The summed E-state index contributed by atoms with van der Waals surface area (Å²) < 4.78 is 60.3. The summed E-state index contributed by atoms with van der Waals surface area (Å²) >= 11 is 3.07. The van der Waals surface area contributed by atoms with E-state index in [1.807, 2.05) is 0 Å². The molecule has 2 atom stereocenters. The Bertz CT molecular complexity index is 921. The van der Waals surface area contributed by atoms with E-state index in [4.69, 9.17) is 4.74 Å². The lowest BCUT2D eigenvalue weighted by Crippen LogP contribution is -2.49. The van der Waals surface area contributed by atoms with E-state index in [9.17, 15) is 22.4 Å². The second kappa shape index (κ2) is 7.50. The Morgan fingerprint density at radius 1 is 1.25 bits per heavy atom. The molecule has 0 aliphatic carbocycles. The van der Waals surface area contributed by atoms with E-state index in [1.165, 1.54) is 25.1 Å². The maximum atomic E-state index is 14.3. The molecule has 0 bridgehead atoms. The molecule has 10 heteroatoms. The molecule has 5 nitrogen and oxygen atoms in total. The van der Waals surface area contributed by atoms with Gasteiger partial charge in [0.2, 0.25) is 0 Å². The molecule has 2 heterocycles. The molecule has 3 rings (SSSR count). The fraction of sp³-hybridized carbons (Fsp3) is 0.278. The first-order chi connectivity index (χ1) is 13.1. The summed E-state index contributed by atoms with van der Waals surface area (Å²) in [6.07, 6.45) is -5.40. The van der Waals surface area contributed by atoms with E-state index in [2.05, 4.69) is 31.2 Å². The van der Waals surface area contributed by atoms with Gasteiger partial charge in [-0.15, -0.1) is 0 Å². The van der Waals surface area contributed by atoms with Crippen molar-refractivity contribution in [1.29, 1.82) is 0 Å². The zero-order chi connectivity index (χ0) is 20.5. The molecule has 0 saturated heterocycles. The van der Waals surface area contributed by atoms with Crippen molar-refractivity contribution in [1.82, 2.24) is 10.3 Å². The maximum Gasteiger partial charge on any atom is 0.411 e. The Hall–Kier alpha value is -2.49. The molecule has 1 amide bonds. The Morgan fingerprint density at radius 2 is 1.93 bits per heavy atom. The first-order valence-electron chi connectivity index (χ1n) is 8.11. The van der Waals surface area contributed by atoms with Gasteiger partial charge in [-0.3, -0.25) is 10.1 Å². The van der Waals surface area contributed by atoms with Gasteiger partial charge in [-0.25, -0.2) is 14.4 Å². The maximum absolute atomic E-state index is 14.3. The number of amides is 1. The zero-order valence-corrected chi connectivity index (χ0v) is 16.0. The number of nitrogens with zero attached hydrogens (tertiary/aromatic N) is 2. The van der Waals surface area contributed by atoms with Gasteiger partial charge in [-0.05, 0) is 47.1 Å². The van der Waals surface area contributed by atoms with Crippen LogP contribution in [0.1, 0.15) is 29.4 Å². The summed E-state index contributed by atoms with van der Waals surface area (Å²) in [6.45, 7) is 1.27. The van der Waals surface area contributed by atoms with Crippen LogP contribution in [0, 0.1) is 5.82 Å². The summed E-state index contributed by atoms with van der Waals surface area (Å²) in [5.74, 6) is -1.53. The van der Waals surface area contributed by atoms with E-state index >= 15 is 0 Å². The van der Waals surface area contributed by atoms with Crippen LogP contribution in [-0.4, -0.2) is 29.1 Å². The molecular formula is C18H14BrF4N3O2. The van der Waals surface area contributed by atoms with Gasteiger partial charge in [0.15, 0.2) is 11.6 Å². The van der Waals surface area contributed by atoms with Crippen LogP contribution in [0.5, 0.6) is 0 Å². The Morgan fingerprint density at radius 3 is 2.57 bits per heavy atom. The number of ether oxygens (including phenoxy) is 1. The Kier molecular flexibility index (Phi) is 5.42. The molecule has 1 aromatic carbocycles. The second-order valence-electron chi connectivity index (χ2n) is 6.31. The second-order valence-corrected chi connectivity index (χ2v) is 7.13. The number of halogens is 5. The summed E-state index contributed by atoms with van der Waals surface area (Å²) in [7, 11) is 0. The molecule has 0 unspecified atom stereocenters. The lowest BCUT2D eigenvalue weighted by molar-refractivity contribution is -0.164. The summed E-state index contributed by atoms with van der Waals surface area (Å²) in [5.41, 5.74) is -1.91. The van der Waals surface area contributed by atoms with E-state index in [-0.39, 0.29) is 15.9 Å². The summed E-state index contributed by atoms with van der Waals surface area (Å²) in [4.78, 5) is 19.7. The van der Waals surface area contributed by atoms with Gasteiger partial charge in [0.05, 0.1) is 0 Å². The number of rotatable bonds is 2. The molecule has 0 fully saturated rings. The Balaban J connectivity index is 1.96. The lowest BCUT2D eigenvalue weighted by Gasteiger charge is -2.37. The number of nitrogens with one attached hydrogen (secondary N) is 1. The van der Waals surface area contributed by atoms with E-state index in [0.29, 0.717) is 0 Å². The average Bonchev–Trinajstić information content (AvgIpc) is 2.63. The molecule has 2 aromatic rings. The largest absolute Gasteiger partial charge is 0.452 e. The van der Waals surface area contributed by atoms with Crippen molar-refractivity contribution in [3.63, 3.8) is 0 Å². The van der Waals surface area contributed by atoms with Gasteiger partial charge in [0.1, 0.15) is 16.1 Å². The first-order valence-corrected chi connectivity index (χ1v) is 8.90. The van der Waals surface area contributed by atoms with Crippen LogP contribution in [0.4, 0.5) is 17.6 Å². The van der Waals surface area contributed by atoms with Crippen LogP contribution in [0.15, 0.2) is 52.1 Å². The highest BCUT2D eigenvalue weighted by Crippen LogP contribution is 2.40. The van der Waals surface area contributed by atoms with E-state index in [0.717, 1.165) is 6.07 Å². The monoisotopic (exact) mass is 459 g/mol. The number of amidine groups is 1. The minimum absolute atomic E-state index is 0.205. The van der Waals surface area contributed by atoms with Gasteiger partial charge in [-0.1, -0.05) is 18.2 Å². The van der Waals surface area contributed by atoms with Crippen molar-refractivity contribution in [3.05, 3.63) is 64.1 Å². The average molecular weight is 460 g/mol. The minimum Gasteiger partial charge on any atom is -0.452 e. The van der Waals surface area contributed by atoms with E-state index in [1.54, 1.807) is 18.2 Å². The highest BCUT2D eigenvalue weighted by molar-refractivity contribution is 9.10. The highest BCUT2D eigenvalue weighted by Gasteiger charge is 2.50. The molecule has 0 spiro atoms. The van der Waals surface area contributed by atoms with Crippen molar-refractivity contribution in [3.8, 4) is 0 Å². The molecule has 28 heavy (non-hydrogen) atoms. The number of hydrogen-bond acceptors (Lipinski definition) is 4. The molecule has 1 aliphatic heterocycles. The lowest BCUT2D eigenvalue weighted by atomic mass is 9.91. The zero-order valence-electron chi connectivity index (χ0n) is 14.4. The quantitative estimate of drug-likeness (QED) is 0.536. The molecule has 148 valence electrons. The van der Waals surface area contributed by atoms with Crippen LogP contribution in [-0.2, 0) is 10.3 Å². The standard InChI is InChI=1S/C18H14BrF4N3O2/c1-17(14-11(20)7-8-13(19)25-14)9-12(18(21,22)23)24-16(28-17)26-15(27)10-5-3-2-4-6-10/h2-8,12H,9H2,1H3,(H,24,26,27)/t12-,17-/m0/s1. The third-order valence-electron chi connectivity index (χ3n) is 4.13. The van der Waals surface area contributed by atoms with Crippen molar-refractivity contribution in [2.24, 2.45) is 4.99 Å². The number of aromatic nitrogens is 1. The predicted octanol–water partition coefficient (Wildman–Crippen LogP) is 4.34. The van der Waals surface area contributed by atoms with Crippen LogP contribution in [0.25, 0.3) is 0 Å². The van der Waals surface area contributed by atoms with Gasteiger partial charge < -0.3 is 4.74 Å². The number of carbonyl (C=O) groups excluding carboxylic acids is 1. The number of aliphatic imine (C=N–C) groups is 1. The van der Waals surface area contributed by atoms with Crippen LogP contribution < -0.4 is 5.32 Å². The van der Waals surface area contributed by atoms with Crippen molar-refractivity contribution in [2.75, 3.05) is 0 Å². The van der Waals surface area contributed by atoms with Crippen LogP contribution in [0.3, 0.4) is 0 Å². The number of hydrogen-bond donors (Lipinski definition) is 1. The van der Waals surface area contributed by atoms with Crippen LogP contribution >= 0.6 is 15.9 Å². The van der Waals surface area contributed by atoms with Gasteiger partial charge >= 0.3 is 6.18 Å². The molecule has 0 radical (unpaired) electrons. The molecular weight excluding hydrogens is 446 g/mol. The topological polar surface area (TPSA) is 63.6 Å². The molecule has 1 N–H and O–H groups in total. The smallest absolute Gasteiger partial charge is 0.411 e. The van der Waals surface area contributed by atoms with Crippen molar-refractivity contribution in [2.45, 2.75) is 31.2 Å². The number of pyridine rings is 1. The number of carbonyl (C=O) groups is 1. The summed E-state index contributed by atoms with van der Waals surface area (Å²) in [5, 5.41) is 2.22. The predicted molar refractivity (Wildman–Crippen MR) is 96.1 cm³/mol. The van der Waals surface area contributed by atoms with Crippen molar-refractivity contribution >= 4 is 27.9 Å². The van der Waals surface area contributed by atoms with Gasteiger partial charge in [-0.2, -0.15) is 13.2 Å². The SMILES string of the molecule is C[C@@]1(c2nc(Br)ccc2F)C[C@@H](C(F)(F)F)N=C(NC(=O)c2ccccc2)O1. The third kappa shape index (κ3) is 4.32. The molecule has 1 aromatic heterocycles. The fourth-order valence-corrected chi connectivity index (χ4v) is 3.09. The normalized spacial score (nSPS) is 22.2. The van der Waals surface area contributed by atoms with Crippen LogP contribution in [0.2, 0.25) is 0 Å². The highest BCUT2D eigenvalue weighted by atomic mass is 79.9. The van der Waals surface area contributed by atoms with Gasteiger partial charge in [0.25, 0.3) is 11.9 Å². The number of alkyl halides is 3. The van der Waals surface area contributed by atoms with Crippen molar-refractivity contribution < 1.29 is 27.1 Å². The Labute approximate surface area is 166 Å². The number of benzene rings is 1. The fourth-order valence-electron chi connectivity index (χ4n) is 2.78. The first kappa shape index (κ1) is 20.2. The third-order valence-corrected chi connectivity index (χ3v) is 4.57. The minimum atomic E-state index is -4.71. The molecule has 1 aliphatic rings. The van der Waals surface area contributed by atoms with Gasteiger partial charge in [0, 0.05) is 12.0 Å². The summed E-state index contributed by atoms with van der Waals surface area (Å²) in [6, 6.07) is 7.39.